The van der Waals surface area contributed by atoms with E-state index >= 15 is 0 Å². The lowest BCUT2D eigenvalue weighted by atomic mass is 10.0. The van der Waals surface area contributed by atoms with E-state index in [2.05, 4.69) is 20.6 Å². The van der Waals surface area contributed by atoms with Crippen LogP contribution in [0.1, 0.15) is 49.1 Å². The molecule has 0 unspecified atom stereocenters. The Labute approximate surface area is 210 Å². The van der Waals surface area contributed by atoms with Crippen LogP contribution in [0.4, 0.5) is 4.79 Å². The van der Waals surface area contributed by atoms with Crippen molar-refractivity contribution in [2.75, 3.05) is 0 Å². The monoisotopic (exact) mass is 488 g/mol. The third-order valence-corrected chi connectivity index (χ3v) is 5.88. The van der Waals surface area contributed by atoms with Gasteiger partial charge in [-0.15, -0.1) is 0 Å². The molecule has 188 valence electrons. The van der Waals surface area contributed by atoms with Crippen LogP contribution in [0.25, 0.3) is 10.9 Å². The summed E-state index contributed by atoms with van der Waals surface area (Å²) < 4.78 is 11.1. The number of benzene rings is 2. The normalized spacial score (nSPS) is 12.9. The van der Waals surface area contributed by atoms with Crippen LogP contribution in [0.2, 0.25) is 0 Å². The molecule has 0 fully saturated rings. The highest BCUT2D eigenvalue weighted by atomic mass is 16.5. The highest BCUT2D eigenvalue weighted by Crippen LogP contribution is 2.25. The number of hydrogen-bond donors (Lipinski definition) is 3. The number of carbonyl (C=O) groups is 2. The van der Waals surface area contributed by atoms with Crippen molar-refractivity contribution in [1.29, 1.82) is 0 Å². The molecule has 2 amide bonds. The number of aromatic amines is 1. The van der Waals surface area contributed by atoms with Gasteiger partial charge in [0.2, 0.25) is 11.8 Å². The number of amides is 2. The fraction of sp³-hybridized carbons (Fsp3) is 0.321. The zero-order chi connectivity index (χ0) is 25.5. The van der Waals surface area contributed by atoms with Gasteiger partial charge >= 0.3 is 6.09 Å². The number of oxazole rings is 1. The third kappa shape index (κ3) is 6.53. The zero-order valence-electron chi connectivity index (χ0n) is 20.8. The molecule has 4 rings (SSSR count). The number of carbonyl (C=O) groups excluding carboxylic acids is 2. The van der Waals surface area contributed by atoms with Crippen molar-refractivity contribution < 1.29 is 18.7 Å². The van der Waals surface area contributed by atoms with Crippen molar-refractivity contribution in [3.63, 3.8) is 0 Å². The van der Waals surface area contributed by atoms with E-state index in [1.54, 1.807) is 6.20 Å². The van der Waals surface area contributed by atoms with Crippen molar-refractivity contribution in [2.24, 2.45) is 5.92 Å². The number of para-hydroxylation sites is 1. The second-order valence-electron chi connectivity index (χ2n) is 9.32. The van der Waals surface area contributed by atoms with Gasteiger partial charge in [0.25, 0.3) is 0 Å². The third-order valence-electron chi connectivity index (χ3n) is 5.88. The average molecular weight is 489 g/mol. The van der Waals surface area contributed by atoms with Crippen LogP contribution in [0.3, 0.4) is 0 Å². The lowest BCUT2D eigenvalue weighted by Gasteiger charge is -2.23. The predicted octanol–water partition coefficient (Wildman–Crippen LogP) is 5.21. The summed E-state index contributed by atoms with van der Waals surface area (Å²) in [4.78, 5) is 33.6. The number of fused-ring (bicyclic) bond motifs is 1. The maximum Gasteiger partial charge on any atom is 0.408 e. The van der Waals surface area contributed by atoms with Gasteiger partial charge in [-0.1, -0.05) is 62.4 Å². The summed E-state index contributed by atoms with van der Waals surface area (Å²) >= 11 is 0. The van der Waals surface area contributed by atoms with Crippen molar-refractivity contribution in [3.8, 4) is 0 Å². The average Bonchev–Trinajstić information content (AvgIpc) is 3.48. The molecule has 0 radical (unpaired) electrons. The minimum Gasteiger partial charge on any atom is -0.445 e. The van der Waals surface area contributed by atoms with Gasteiger partial charge in [-0.25, -0.2) is 9.78 Å². The minimum atomic E-state index is -0.769. The highest BCUT2D eigenvalue weighted by Gasteiger charge is 2.28. The number of H-pyrrole nitrogens is 1. The van der Waals surface area contributed by atoms with Crippen LogP contribution in [0.15, 0.2) is 71.4 Å². The summed E-state index contributed by atoms with van der Waals surface area (Å²) in [6.07, 6.45) is 3.86. The van der Waals surface area contributed by atoms with Crippen LogP contribution >= 0.6 is 0 Å². The maximum atomic E-state index is 13.4. The first-order valence-electron chi connectivity index (χ1n) is 12.1. The smallest absolute Gasteiger partial charge is 0.408 e. The molecular formula is C28H32N4O4. The summed E-state index contributed by atoms with van der Waals surface area (Å²) in [7, 11) is 0. The molecule has 8 nitrogen and oxygen atoms in total. The van der Waals surface area contributed by atoms with Crippen LogP contribution in [-0.4, -0.2) is 28.0 Å². The number of rotatable bonds is 10. The Kier molecular flexibility index (Phi) is 8.05. The van der Waals surface area contributed by atoms with Gasteiger partial charge in [0, 0.05) is 23.5 Å². The number of alkyl carbamates (subject to hydrolysis) is 1. The molecule has 8 heteroatoms. The van der Waals surface area contributed by atoms with Crippen LogP contribution < -0.4 is 10.6 Å². The Hall–Kier alpha value is -4.07. The van der Waals surface area contributed by atoms with Crippen LogP contribution in [0, 0.1) is 12.8 Å². The van der Waals surface area contributed by atoms with Crippen molar-refractivity contribution in [1.82, 2.24) is 20.6 Å². The standard InChI is InChI=1S/C28H32N4O4/c1-18(2)13-24(32-28(34)35-17-20-9-5-4-6-10-20)26(33)31-25(27-30-15-19(3)36-27)14-21-16-29-23-12-8-7-11-22(21)23/h4-12,15-16,18,24-25,29H,13-14,17H2,1-3H3,(H,31,33)(H,32,34)/t24-,25+/m0/s1. The Morgan fingerprint density at radius 1 is 1.06 bits per heavy atom. The van der Waals surface area contributed by atoms with Gasteiger partial charge in [-0.05, 0) is 36.5 Å². The van der Waals surface area contributed by atoms with E-state index in [1.165, 1.54) is 0 Å². The molecule has 2 aromatic carbocycles. The summed E-state index contributed by atoms with van der Waals surface area (Å²) in [5.74, 6) is 0.929. The van der Waals surface area contributed by atoms with Crippen molar-refractivity contribution in [2.45, 2.75) is 52.3 Å². The van der Waals surface area contributed by atoms with Crippen LogP contribution in [-0.2, 0) is 22.6 Å². The molecule has 0 saturated heterocycles. The molecule has 0 bridgehead atoms. The molecule has 0 spiro atoms. The van der Waals surface area contributed by atoms with E-state index < -0.39 is 18.2 Å². The number of aryl methyl sites for hydroxylation is 1. The number of ether oxygens (including phenoxy) is 1. The first-order valence-corrected chi connectivity index (χ1v) is 12.1. The lowest BCUT2D eigenvalue weighted by Crippen LogP contribution is -2.48. The largest absolute Gasteiger partial charge is 0.445 e. The molecule has 2 aromatic heterocycles. The summed E-state index contributed by atoms with van der Waals surface area (Å²) in [6.45, 7) is 5.94. The molecule has 4 aromatic rings. The van der Waals surface area contributed by atoms with Crippen molar-refractivity contribution in [3.05, 3.63) is 89.8 Å². The van der Waals surface area contributed by atoms with E-state index in [4.69, 9.17) is 9.15 Å². The number of aromatic nitrogens is 2. The molecule has 2 atom stereocenters. The van der Waals surface area contributed by atoms with E-state index in [0.29, 0.717) is 24.5 Å². The topological polar surface area (TPSA) is 109 Å². The first kappa shape index (κ1) is 25.0. The molecule has 0 aliphatic rings. The van der Waals surface area contributed by atoms with Gasteiger partial charge in [-0.2, -0.15) is 0 Å². The number of nitrogens with one attached hydrogen (secondary N) is 3. The second-order valence-corrected chi connectivity index (χ2v) is 9.32. The fourth-order valence-corrected chi connectivity index (χ4v) is 4.14. The molecule has 0 aliphatic heterocycles. The number of nitrogens with zero attached hydrogens (tertiary/aromatic N) is 1. The van der Waals surface area contributed by atoms with Crippen molar-refractivity contribution >= 4 is 22.9 Å². The van der Waals surface area contributed by atoms with Gasteiger partial charge in [-0.3, -0.25) is 4.79 Å². The summed E-state index contributed by atoms with van der Waals surface area (Å²) in [5, 5.41) is 6.86. The van der Waals surface area contributed by atoms with Crippen LogP contribution in [0.5, 0.6) is 0 Å². The lowest BCUT2D eigenvalue weighted by molar-refractivity contribution is -0.124. The highest BCUT2D eigenvalue weighted by molar-refractivity contribution is 5.86. The van der Waals surface area contributed by atoms with Gasteiger partial charge in [0.05, 0.1) is 6.20 Å². The molecule has 3 N–H and O–H groups in total. The predicted molar refractivity (Wildman–Crippen MR) is 137 cm³/mol. The molecule has 0 saturated carbocycles. The summed E-state index contributed by atoms with van der Waals surface area (Å²) in [5.41, 5.74) is 2.92. The second kappa shape index (κ2) is 11.6. The number of hydrogen-bond acceptors (Lipinski definition) is 5. The van der Waals surface area contributed by atoms with E-state index in [9.17, 15) is 9.59 Å². The quantitative estimate of drug-likeness (QED) is 0.284. The molecule has 36 heavy (non-hydrogen) atoms. The van der Waals surface area contributed by atoms with Gasteiger partial charge < -0.3 is 24.8 Å². The Morgan fingerprint density at radius 3 is 2.53 bits per heavy atom. The Bertz CT molecular complexity index is 1300. The molecule has 0 aliphatic carbocycles. The Balaban J connectivity index is 1.48. The maximum absolute atomic E-state index is 13.4. The van der Waals surface area contributed by atoms with Gasteiger partial charge in [0.15, 0.2) is 0 Å². The van der Waals surface area contributed by atoms with E-state index in [0.717, 1.165) is 22.0 Å². The summed E-state index contributed by atoms with van der Waals surface area (Å²) in [6, 6.07) is 16.1. The minimum absolute atomic E-state index is 0.126. The first-order chi connectivity index (χ1) is 17.4. The van der Waals surface area contributed by atoms with Gasteiger partial charge in [0.1, 0.15) is 24.5 Å². The Morgan fingerprint density at radius 2 is 1.81 bits per heavy atom. The van der Waals surface area contributed by atoms with E-state index in [-0.39, 0.29) is 18.4 Å². The SMILES string of the molecule is Cc1cnc([C@@H](Cc2c[nH]c3ccccc23)NC(=O)[C@H](CC(C)C)NC(=O)OCc2ccccc2)o1. The fourth-order valence-electron chi connectivity index (χ4n) is 4.14. The molecule has 2 heterocycles. The zero-order valence-corrected chi connectivity index (χ0v) is 20.8. The van der Waals surface area contributed by atoms with E-state index in [1.807, 2.05) is 81.6 Å². The molecular weight excluding hydrogens is 456 g/mol.